The fourth-order valence-corrected chi connectivity index (χ4v) is 1.77. The van der Waals surface area contributed by atoms with Gasteiger partial charge in [0, 0.05) is 12.1 Å². The monoisotopic (exact) mass is 237 g/mol. The molecule has 0 aliphatic rings. The average molecular weight is 237 g/mol. The highest BCUT2D eigenvalue weighted by Crippen LogP contribution is 2.28. The summed E-state index contributed by atoms with van der Waals surface area (Å²) in [5, 5.41) is 4.21. The minimum Gasteiger partial charge on any atom is -0.394 e. The van der Waals surface area contributed by atoms with Gasteiger partial charge in [-0.05, 0) is 32.0 Å². The Morgan fingerprint density at radius 2 is 2.06 bits per heavy atom. The first-order valence-electron chi connectivity index (χ1n) is 5.33. The third kappa shape index (κ3) is 1.88. The molecule has 17 heavy (non-hydrogen) atoms. The predicted octanol–water partition coefficient (Wildman–Crippen LogP) is 2.74. The lowest BCUT2D eigenvalue weighted by atomic mass is 10.1. The zero-order valence-electron chi connectivity index (χ0n) is 9.67. The van der Waals surface area contributed by atoms with E-state index in [1.165, 1.54) is 6.07 Å². The minimum absolute atomic E-state index is 0.270. The molecule has 0 aliphatic carbocycles. The van der Waals surface area contributed by atoms with Gasteiger partial charge in [-0.2, -0.15) is 5.10 Å². The van der Waals surface area contributed by atoms with E-state index in [9.17, 15) is 8.78 Å². The molecule has 5 heteroatoms. The van der Waals surface area contributed by atoms with Crippen LogP contribution in [0.3, 0.4) is 0 Å². The zero-order chi connectivity index (χ0) is 12.6. The van der Waals surface area contributed by atoms with E-state index in [0.29, 0.717) is 12.2 Å². The Morgan fingerprint density at radius 1 is 1.35 bits per heavy atom. The lowest BCUT2D eigenvalue weighted by molar-refractivity contribution is 0.590. The van der Waals surface area contributed by atoms with Crippen molar-refractivity contribution in [3.63, 3.8) is 0 Å². The molecule has 0 bridgehead atoms. The molecule has 2 N–H and O–H groups in total. The number of hydrogen-bond acceptors (Lipinski definition) is 2. The van der Waals surface area contributed by atoms with Crippen LogP contribution in [0.5, 0.6) is 0 Å². The number of nitrogens with two attached hydrogens (primary N) is 1. The second kappa shape index (κ2) is 4.16. The molecule has 1 aromatic heterocycles. The van der Waals surface area contributed by atoms with Gasteiger partial charge >= 0.3 is 0 Å². The number of hydrogen-bond donors (Lipinski definition) is 1. The maximum Gasteiger partial charge on any atom is 0.158 e. The van der Waals surface area contributed by atoms with Gasteiger partial charge in [0.25, 0.3) is 0 Å². The van der Waals surface area contributed by atoms with Crippen LogP contribution in [0.25, 0.3) is 11.3 Å². The summed E-state index contributed by atoms with van der Waals surface area (Å²) < 4.78 is 28.6. The number of aryl methyl sites for hydroxylation is 2. The third-order valence-corrected chi connectivity index (χ3v) is 2.60. The Labute approximate surface area is 97.9 Å². The SMILES string of the molecule is CCn1nc(C)cc1-c1ccc(F)c(N)c1F. The molecule has 3 nitrogen and oxygen atoms in total. The molecule has 0 fully saturated rings. The number of benzene rings is 1. The van der Waals surface area contributed by atoms with E-state index in [0.717, 1.165) is 11.8 Å². The molecule has 1 heterocycles. The number of aromatic nitrogens is 2. The molecule has 0 aliphatic heterocycles. The van der Waals surface area contributed by atoms with E-state index in [2.05, 4.69) is 5.10 Å². The summed E-state index contributed by atoms with van der Waals surface area (Å²) in [4.78, 5) is 0. The van der Waals surface area contributed by atoms with E-state index in [1.54, 1.807) is 10.7 Å². The van der Waals surface area contributed by atoms with Gasteiger partial charge in [-0.25, -0.2) is 8.78 Å². The van der Waals surface area contributed by atoms with Gasteiger partial charge in [0.15, 0.2) is 5.82 Å². The van der Waals surface area contributed by atoms with Crippen LogP contribution in [-0.4, -0.2) is 9.78 Å². The quantitative estimate of drug-likeness (QED) is 0.816. The van der Waals surface area contributed by atoms with Gasteiger partial charge in [-0.3, -0.25) is 4.68 Å². The van der Waals surface area contributed by atoms with Crippen molar-refractivity contribution in [2.24, 2.45) is 0 Å². The van der Waals surface area contributed by atoms with E-state index in [1.807, 2.05) is 13.8 Å². The second-order valence-corrected chi connectivity index (χ2v) is 3.81. The predicted molar refractivity (Wildman–Crippen MR) is 62.4 cm³/mol. The minimum atomic E-state index is -0.745. The van der Waals surface area contributed by atoms with Crippen LogP contribution < -0.4 is 5.73 Å². The maximum absolute atomic E-state index is 13.9. The summed E-state index contributed by atoms with van der Waals surface area (Å²) in [7, 11) is 0. The highest BCUT2D eigenvalue weighted by molar-refractivity contribution is 5.66. The second-order valence-electron chi connectivity index (χ2n) is 3.81. The molecule has 0 amide bonds. The van der Waals surface area contributed by atoms with Crippen molar-refractivity contribution in [1.82, 2.24) is 9.78 Å². The molecule has 2 rings (SSSR count). The molecule has 0 atom stereocenters. The zero-order valence-corrected chi connectivity index (χ0v) is 9.67. The lowest BCUT2D eigenvalue weighted by Gasteiger charge is -2.08. The normalized spacial score (nSPS) is 10.8. The number of nitrogens with zero attached hydrogens (tertiary/aromatic N) is 2. The van der Waals surface area contributed by atoms with Gasteiger partial charge in [0.2, 0.25) is 0 Å². The highest BCUT2D eigenvalue weighted by atomic mass is 19.1. The summed E-state index contributed by atoms with van der Waals surface area (Å²) in [6.07, 6.45) is 0. The molecule has 0 spiro atoms. The summed E-state index contributed by atoms with van der Waals surface area (Å²) >= 11 is 0. The van der Waals surface area contributed by atoms with Crippen molar-refractivity contribution >= 4 is 5.69 Å². The average Bonchev–Trinajstić information content (AvgIpc) is 2.67. The molecular formula is C12H13F2N3. The van der Waals surface area contributed by atoms with Crippen LogP contribution in [0.4, 0.5) is 14.5 Å². The standard InChI is InChI=1S/C12H13F2N3/c1-3-17-10(6-7(2)16-17)8-4-5-9(13)12(15)11(8)14/h4-6H,3,15H2,1-2H3. The number of halogens is 2. The Hall–Kier alpha value is -1.91. The van der Waals surface area contributed by atoms with Crippen molar-refractivity contribution in [3.8, 4) is 11.3 Å². The van der Waals surface area contributed by atoms with Gasteiger partial charge in [0.1, 0.15) is 11.5 Å². The summed E-state index contributed by atoms with van der Waals surface area (Å²) in [6.45, 7) is 4.33. The van der Waals surface area contributed by atoms with Crippen LogP contribution in [-0.2, 0) is 6.54 Å². The van der Waals surface area contributed by atoms with Gasteiger partial charge in [-0.15, -0.1) is 0 Å². The fraction of sp³-hybridized carbons (Fsp3) is 0.250. The number of nitrogen functional groups attached to an aromatic ring is 1. The van der Waals surface area contributed by atoms with Gasteiger partial charge in [0.05, 0.1) is 11.4 Å². The Kier molecular flexibility index (Phi) is 2.83. The van der Waals surface area contributed by atoms with Crippen molar-refractivity contribution < 1.29 is 8.78 Å². The van der Waals surface area contributed by atoms with E-state index >= 15 is 0 Å². The van der Waals surface area contributed by atoms with Crippen LogP contribution in [0.1, 0.15) is 12.6 Å². The molecule has 0 radical (unpaired) electrons. The summed E-state index contributed by atoms with van der Waals surface area (Å²) in [5.74, 6) is -1.48. The van der Waals surface area contributed by atoms with Gasteiger partial charge < -0.3 is 5.73 Å². The third-order valence-electron chi connectivity index (χ3n) is 2.60. The summed E-state index contributed by atoms with van der Waals surface area (Å²) in [6, 6.07) is 4.29. The largest absolute Gasteiger partial charge is 0.394 e. The molecule has 2 aromatic rings. The van der Waals surface area contributed by atoms with Crippen LogP contribution in [0.15, 0.2) is 18.2 Å². The van der Waals surface area contributed by atoms with Crippen LogP contribution in [0.2, 0.25) is 0 Å². The smallest absolute Gasteiger partial charge is 0.158 e. The topological polar surface area (TPSA) is 43.8 Å². The molecule has 0 saturated heterocycles. The van der Waals surface area contributed by atoms with E-state index < -0.39 is 17.3 Å². The molecule has 1 aromatic carbocycles. The van der Waals surface area contributed by atoms with Gasteiger partial charge in [-0.1, -0.05) is 0 Å². The van der Waals surface area contributed by atoms with Crippen molar-refractivity contribution in [2.75, 3.05) is 5.73 Å². The molecule has 0 unspecified atom stereocenters. The van der Waals surface area contributed by atoms with E-state index in [4.69, 9.17) is 5.73 Å². The Morgan fingerprint density at radius 3 is 2.71 bits per heavy atom. The first-order chi connectivity index (χ1) is 8.04. The Bertz CT molecular complexity index is 561. The Balaban J connectivity index is 2.64. The highest BCUT2D eigenvalue weighted by Gasteiger charge is 2.15. The molecule has 90 valence electrons. The lowest BCUT2D eigenvalue weighted by Crippen LogP contribution is -2.03. The first kappa shape index (κ1) is 11.6. The molecular weight excluding hydrogens is 224 g/mol. The maximum atomic E-state index is 13.9. The van der Waals surface area contributed by atoms with Crippen LogP contribution in [0, 0.1) is 18.6 Å². The van der Waals surface area contributed by atoms with Crippen molar-refractivity contribution in [2.45, 2.75) is 20.4 Å². The summed E-state index contributed by atoms with van der Waals surface area (Å²) in [5.41, 5.74) is 6.54. The fourth-order valence-electron chi connectivity index (χ4n) is 1.77. The van der Waals surface area contributed by atoms with Crippen molar-refractivity contribution in [1.29, 1.82) is 0 Å². The first-order valence-corrected chi connectivity index (χ1v) is 5.33. The number of anilines is 1. The van der Waals surface area contributed by atoms with Crippen LogP contribution >= 0.6 is 0 Å². The number of rotatable bonds is 2. The van der Waals surface area contributed by atoms with E-state index in [-0.39, 0.29) is 5.56 Å². The van der Waals surface area contributed by atoms with Crippen molar-refractivity contribution in [3.05, 3.63) is 35.5 Å². The molecule has 0 saturated carbocycles.